The van der Waals surface area contributed by atoms with Crippen LogP contribution in [0.15, 0.2) is 48.5 Å². The summed E-state index contributed by atoms with van der Waals surface area (Å²) < 4.78 is 6.47. The number of benzene rings is 2. The molecule has 12 heteroatoms. The molecule has 6 atom stereocenters. The molecular formula is C32H40N6O5S. The molecule has 4 heterocycles. The van der Waals surface area contributed by atoms with E-state index in [4.69, 9.17) is 4.74 Å². The second-order valence-corrected chi connectivity index (χ2v) is 13.5. The third kappa shape index (κ3) is 5.32. The number of aliphatic hydroxyl groups excluding tert-OH is 1. The van der Waals surface area contributed by atoms with E-state index in [0.29, 0.717) is 25.3 Å². The second-order valence-electron chi connectivity index (χ2n) is 11.9. The molecule has 3 aliphatic heterocycles. The van der Waals surface area contributed by atoms with Gasteiger partial charge >= 0.3 is 0 Å². The van der Waals surface area contributed by atoms with E-state index in [1.165, 1.54) is 0 Å². The fourth-order valence-corrected chi connectivity index (χ4v) is 9.84. The maximum atomic E-state index is 14.3. The molecule has 3 N–H and O–H groups in total. The molecule has 0 radical (unpaired) electrons. The zero-order chi connectivity index (χ0) is 30.8. The van der Waals surface area contributed by atoms with Gasteiger partial charge in [0, 0.05) is 24.1 Å². The molecule has 1 spiro atoms. The Hall–Kier alpha value is -3.64. The number of unbranched alkanes of at least 4 members (excludes halogenated alkanes) is 3. The van der Waals surface area contributed by atoms with Crippen molar-refractivity contribution in [3.05, 3.63) is 48.5 Å². The number of hydrogen-bond acceptors (Lipinski definition) is 8. The lowest BCUT2D eigenvalue weighted by atomic mass is 9.66. The van der Waals surface area contributed by atoms with E-state index in [0.717, 1.165) is 42.5 Å². The number of hydrogen-bond donors (Lipinski definition) is 3. The number of aromatic nitrogens is 3. The number of amides is 3. The van der Waals surface area contributed by atoms with Crippen LogP contribution in [0.5, 0.6) is 5.75 Å². The average Bonchev–Trinajstić information content (AvgIpc) is 3.74. The number of fused-ring (bicyclic) bond motifs is 2. The fraction of sp³-hybridized carbons (Fsp3) is 0.531. The number of ether oxygens (including phenoxy) is 1. The van der Waals surface area contributed by atoms with Gasteiger partial charge in [0.05, 0.1) is 28.7 Å². The summed E-state index contributed by atoms with van der Waals surface area (Å²) >= 11 is 1.66. The molecule has 0 aliphatic carbocycles. The number of para-hydroxylation sites is 1. The zero-order valence-electron chi connectivity index (χ0n) is 25.1. The summed E-state index contributed by atoms with van der Waals surface area (Å²) in [5.41, 5.74) is 2.19. The maximum absolute atomic E-state index is 14.3. The first kappa shape index (κ1) is 30.4. The van der Waals surface area contributed by atoms with Crippen LogP contribution in [0.4, 0.5) is 5.69 Å². The van der Waals surface area contributed by atoms with Gasteiger partial charge in [0.1, 0.15) is 24.0 Å². The molecule has 3 unspecified atom stereocenters. The standard InChI is InChI=1S/C32H40N6O5S/c1-3-43-22-14-12-21(13-15-22)34-29(40)26-25-18-20(2)32(44-25)27(26)31(42)37(16-8-4-5-9-17-39)28(32)30(41)33-19-38-24-11-7-6-10-23(24)35-36-38/h6-7,10-15,20,25-28,39H,3-5,8-9,16-19H2,1-2H3,(H,33,41)(H,34,40)/t20?,25-,26+,27-,28?,32?/m0/s1. The summed E-state index contributed by atoms with van der Waals surface area (Å²) in [5, 5.41) is 23.6. The van der Waals surface area contributed by atoms with Gasteiger partial charge in [-0.15, -0.1) is 16.9 Å². The van der Waals surface area contributed by atoms with Crippen LogP contribution in [0.2, 0.25) is 0 Å². The molecule has 3 amide bonds. The van der Waals surface area contributed by atoms with Gasteiger partial charge < -0.3 is 25.4 Å². The number of nitrogens with zero attached hydrogens (tertiary/aromatic N) is 4. The van der Waals surface area contributed by atoms with Gasteiger partial charge in [0.2, 0.25) is 17.7 Å². The average molecular weight is 621 g/mol. The van der Waals surface area contributed by atoms with Gasteiger partial charge in [-0.05, 0) is 68.5 Å². The predicted octanol–water partition coefficient (Wildman–Crippen LogP) is 3.43. The van der Waals surface area contributed by atoms with Crippen LogP contribution in [0.1, 0.15) is 46.0 Å². The molecule has 3 saturated heterocycles. The van der Waals surface area contributed by atoms with Crippen LogP contribution in [-0.2, 0) is 21.1 Å². The Balaban J connectivity index is 1.25. The number of carbonyl (C=O) groups is 3. The van der Waals surface area contributed by atoms with Crippen molar-refractivity contribution in [3.8, 4) is 5.75 Å². The van der Waals surface area contributed by atoms with Crippen LogP contribution in [-0.4, -0.2) is 78.5 Å². The summed E-state index contributed by atoms with van der Waals surface area (Å²) in [6.07, 6.45) is 3.88. The number of aliphatic hydroxyl groups is 1. The SMILES string of the molecule is CCOc1ccc(NC(=O)[C@@H]2[C@@H]3CC(C)C4(S3)C(C(=O)NCn3nnc5ccccc53)N(CCCCCCO)C(=O)[C@H]24)cc1. The molecule has 44 heavy (non-hydrogen) atoms. The summed E-state index contributed by atoms with van der Waals surface area (Å²) in [5.74, 6) is -0.869. The van der Waals surface area contributed by atoms with Gasteiger partial charge in [-0.2, -0.15) is 0 Å². The van der Waals surface area contributed by atoms with E-state index in [9.17, 15) is 19.5 Å². The number of nitrogens with one attached hydrogen (secondary N) is 2. The molecule has 3 aromatic rings. The molecule has 2 bridgehead atoms. The summed E-state index contributed by atoms with van der Waals surface area (Å²) in [6.45, 7) is 5.27. The van der Waals surface area contributed by atoms with Crippen molar-refractivity contribution in [1.82, 2.24) is 25.2 Å². The lowest BCUT2D eigenvalue weighted by Gasteiger charge is -2.38. The molecule has 6 rings (SSSR count). The second kappa shape index (κ2) is 12.8. The van der Waals surface area contributed by atoms with E-state index < -0.39 is 22.6 Å². The highest BCUT2D eigenvalue weighted by Crippen LogP contribution is 2.68. The molecule has 3 fully saturated rings. The molecule has 11 nitrogen and oxygen atoms in total. The van der Waals surface area contributed by atoms with Crippen molar-refractivity contribution in [3.63, 3.8) is 0 Å². The van der Waals surface area contributed by atoms with Gasteiger partial charge in [-0.25, -0.2) is 4.68 Å². The van der Waals surface area contributed by atoms with Crippen LogP contribution in [0.25, 0.3) is 11.0 Å². The molecule has 234 valence electrons. The Labute approximate surface area is 261 Å². The van der Waals surface area contributed by atoms with Crippen molar-refractivity contribution < 1.29 is 24.2 Å². The minimum absolute atomic E-state index is 0.0529. The highest BCUT2D eigenvalue weighted by atomic mass is 32.2. The molecule has 3 aliphatic rings. The van der Waals surface area contributed by atoms with E-state index in [2.05, 4.69) is 27.9 Å². The highest BCUT2D eigenvalue weighted by Gasteiger charge is 2.75. The first-order valence-corrected chi connectivity index (χ1v) is 16.5. The third-order valence-electron chi connectivity index (χ3n) is 9.36. The topological polar surface area (TPSA) is 139 Å². The van der Waals surface area contributed by atoms with Crippen molar-refractivity contribution in [2.75, 3.05) is 25.1 Å². The van der Waals surface area contributed by atoms with Crippen molar-refractivity contribution in [1.29, 1.82) is 0 Å². The molecule has 2 aromatic carbocycles. The maximum Gasteiger partial charge on any atom is 0.245 e. The highest BCUT2D eigenvalue weighted by molar-refractivity contribution is 8.02. The summed E-state index contributed by atoms with van der Waals surface area (Å²) in [6, 6.07) is 14.1. The smallest absolute Gasteiger partial charge is 0.245 e. The van der Waals surface area contributed by atoms with Crippen LogP contribution in [0, 0.1) is 17.8 Å². The van der Waals surface area contributed by atoms with Crippen molar-refractivity contribution >= 4 is 46.2 Å². The minimum atomic E-state index is -0.707. The van der Waals surface area contributed by atoms with E-state index in [1.807, 2.05) is 43.3 Å². The quantitative estimate of drug-likeness (QED) is 0.247. The van der Waals surface area contributed by atoms with Crippen molar-refractivity contribution in [2.45, 2.75) is 68.7 Å². The molecular weight excluding hydrogens is 580 g/mol. The van der Waals surface area contributed by atoms with E-state index in [1.54, 1.807) is 33.5 Å². The number of thioether (sulfide) groups is 1. The lowest BCUT2D eigenvalue weighted by molar-refractivity contribution is -0.139. The lowest BCUT2D eigenvalue weighted by Crippen LogP contribution is -2.56. The molecule has 0 saturated carbocycles. The number of likely N-dealkylation sites (tertiary alicyclic amines) is 1. The number of anilines is 1. The van der Waals surface area contributed by atoms with E-state index >= 15 is 0 Å². The zero-order valence-corrected chi connectivity index (χ0v) is 26.0. The van der Waals surface area contributed by atoms with Crippen molar-refractivity contribution in [2.24, 2.45) is 17.8 Å². The van der Waals surface area contributed by atoms with Crippen LogP contribution < -0.4 is 15.4 Å². The molecule has 1 aromatic heterocycles. The fourth-order valence-electron chi connectivity index (χ4n) is 7.42. The van der Waals surface area contributed by atoms with Gasteiger partial charge in [-0.3, -0.25) is 14.4 Å². The van der Waals surface area contributed by atoms with Crippen LogP contribution in [0.3, 0.4) is 0 Å². The Bertz CT molecular complexity index is 1510. The Morgan fingerprint density at radius 2 is 1.86 bits per heavy atom. The predicted molar refractivity (Wildman–Crippen MR) is 168 cm³/mol. The largest absolute Gasteiger partial charge is 0.494 e. The Kier molecular flexibility index (Phi) is 8.82. The first-order chi connectivity index (χ1) is 21.4. The van der Waals surface area contributed by atoms with E-state index in [-0.39, 0.29) is 42.2 Å². The summed E-state index contributed by atoms with van der Waals surface area (Å²) in [4.78, 5) is 44.1. The Morgan fingerprint density at radius 1 is 1.09 bits per heavy atom. The minimum Gasteiger partial charge on any atom is -0.494 e. The van der Waals surface area contributed by atoms with Gasteiger partial charge in [-0.1, -0.05) is 37.1 Å². The number of carbonyl (C=O) groups excluding carboxylic acids is 3. The third-order valence-corrected chi connectivity index (χ3v) is 11.4. The monoisotopic (exact) mass is 620 g/mol. The normalized spacial score (nSPS) is 27.1. The summed E-state index contributed by atoms with van der Waals surface area (Å²) in [7, 11) is 0. The van der Waals surface area contributed by atoms with Crippen LogP contribution >= 0.6 is 11.8 Å². The Morgan fingerprint density at radius 3 is 2.64 bits per heavy atom. The first-order valence-electron chi connectivity index (χ1n) is 15.6. The number of rotatable bonds is 13. The van der Waals surface area contributed by atoms with Gasteiger partial charge in [0.25, 0.3) is 0 Å². The van der Waals surface area contributed by atoms with Gasteiger partial charge in [0.15, 0.2) is 0 Å².